The zero-order valence-corrected chi connectivity index (χ0v) is 10.5. The third-order valence-electron chi connectivity index (χ3n) is 2.72. The van der Waals surface area contributed by atoms with Crippen molar-refractivity contribution < 1.29 is 4.74 Å². The van der Waals surface area contributed by atoms with E-state index in [1.807, 2.05) is 13.0 Å². The molecule has 0 spiro atoms. The Morgan fingerprint density at radius 1 is 1.35 bits per heavy atom. The van der Waals surface area contributed by atoms with Crippen molar-refractivity contribution in [1.82, 2.24) is 9.97 Å². The van der Waals surface area contributed by atoms with Gasteiger partial charge >= 0.3 is 0 Å². The molecule has 2 atom stereocenters. The van der Waals surface area contributed by atoms with E-state index in [-0.39, 0.29) is 12.2 Å². The molecule has 2 heterocycles. The molecule has 17 heavy (non-hydrogen) atoms. The average Bonchev–Trinajstić information content (AvgIpc) is 2.26. The van der Waals surface area contributed by atoms with Gasteiger partial charge in [0.05, 0.1) is 12.2 Å². The molecule has 1 aromatic rings. The minimum absolute atomic E-state index is 0.211. The van der Waals surface area contributed by atoms with Crippen LogP contribution in [0.2, 0.25) is 0 Å². The fourth-order valence-corrected chi connectivity index (χ4v) is 2.15. The van der Waals surface area contributed by atoms with E-state index < -0.39 is 0 Å². The van der Waals surface area contributed by atoms with Crippen LogP contribution in [0.1, 0.15) is 19.7 Å². The van der Waals surface area contributed by atoms with Gasteiger partial charge in [0.25, 0.3) is 0 Å². The van der Waals surface area contributed by atoms with Crippen molar-refractivity contribution in [2.24, 2.45) is 5.84 Å². The van der Waals surface area contributed by atoms with Gasteiger partial charge < -0.3 is 15.1 Å². The molecule has 0 aromatic carbocycles. The van der Waals surface area contributed by atoms with E-state index >= 15 is 0 Å². The number of anilines is 2. The summed E-state index contributed by atoms with van der Waals surface area (Å²) in [6.45, 7) is 7.67. The van der Waals surface area contributed by atoms with E-state index in [9.17, 15) is 0 Å². The lowest BCUT2D eigenvalue weighted by molar-refractivity contribution is -0.00547. The van der Waals surface area contributed by atoms with Gasteiger partial charge in [-0.05, 0) is 20.8 Å². The summed E-state index contributed by atoms with van der Waals surface area (Å²) in [5, 5.41) is 0. The normalized spacial score (nSPS) is 24.8. The lowest BCUT2D eigenvalue weighted by Crippen LogP contribution is -2.46. The Morgan fingerprint density at radius 3 is 2.59 bits per heavy atom. The second-order valence-corrected chi connectivity index (χ2v) is 4.47. The molecular formula is C11H19N5O. The minimum atomic E-state index is 0.211. The molecule has 0 aliphatic carbocycles. The first-order valence-electron chi connectivity index (χ1n) is 5.81. The molecule has 2 rings (SSSR count). The summed E-state index contributed by atoms with van der Waals surface area (Å²) in [5.41, 5.74) is 2.56. The van der Waals surface area contributed by atoms with Gasteiger partial charge in [0.1, 0.15) is 17.5 Å². The Balaban J connectivity index is 2.23. The predicted molar refractivity (Wildman–Crippen MR) is 66.8 cm³/mol. The second kappa shape index (κ2) is 4.85. The van der Waals surface area contributed by atoms with E-state index in [2.05, 4.69) is 34.1 Å². The predicted octanol–water partition coefficient (Wildman–Crippen LogP) is 0.684. The van der Waals surface area contributed by atoms with E-state index in [0.717, 1.165) is 18.9 Å². The summed E-state index contributed by atoms with van der Waals surface area (Å²) in [5.74, 6) is 7.63. The van der Waals surface area contributed by atoms with Gasteiger partial charge in [-0.2, -0.15) is 0 Å². The van der Waals surface area contributed by atoms with E-state index in [4.69, 9.17) is 10.6 Å². The van der Waals surface area contributed by atoms with Gasteiger partial charge in [0.15, 0.2) is 0 Å². The van der Waals surface area contributed by atoms with Crippen LogP contribution in [0.15, 0.2) is 6.07 Å². The highest BCUT2D eigenvalue weighted by atomic mass is 16.5. The molecule has 0 unspecified atom stereocenters. The summed E-state index contributed by atoms with van der Waals surface area (Å²) < 4.78 is 5.70. The number of hydrazine groups is 1. The maximum atomic E-state index is 5.70. The topological polar surface area (TPSA) is 76.3 Å². The van der Waals surface area contributed by atoms with E-state index in [1.54, 1.807) is 0 Å². The molecule has 0 radical (unpaired) electrons. The molecule has 6 heteroatoms. The standard InChI is InChI=1S/C11H19N5O/c1-7-5-16(6-8(2)17-7)11-4-10(15-12)13-9(3)14-11/h4,7-8H,5-6,12H2,1-3H3,(H,13,14,15)/t7-,8+. The Hall–Kier alpha value is -1.40. The first kappa shape index (κ1) is 12.1. The zero-order chi connectivity index (χ0) is 12.4. The number of aryl methyl sites for hydroxylation is 1. The van der Waals surface area contributed by atoms with Gasteiger partial charge in [-0.25, -0.2) is 15.8 Å². The molecule has 1 saturated heterocycles. The third kappa shape index (κ3) is 2.83. The number of rotatable bonds is 2. The quantitative estimate of drug-likeness (QED) is 0.582. The zero-order valence-electron chi connectivity index (χ0n) is 10.5. The van der Waals surface area contributed by atoms with Crippen LogP contribution in [0.5, 0.6) is 0 Å². The molecule has 1 aliphatic rings. The number of hydrogen-bond acceptors (Lipinski definition) is 6. The fraction of sp³-hybridized carbons (Fsp3) is 0.636. The highest BCUT2D eigenvalue weighted by Gasteiger charge is 2.23. The molecule has 0 saturated carbocycles. The SMILES string of the molecule is Cc1nc(NN)cc(N2C[C@@H](C)O[C@@H](C)C2)n1. The van der Waals surface area contributed by atoms with Gasteiger partial charge in [-0.1, -0.05) is 0 Å². The first-order chi connectivity index (χ1) is 8.08. The second-order valence-electron chi connectivity index (χ2n) is 4.47. The number of ether oxygens (including phenoxy) is 1. The number of nitrogens with one attached hydrogen (secondary N) is 1. The van der Waals surface area contributed by atoms with Crippen molar-refractivity contribution in [2.75, 3.05) is 23.4 Å². The van der Waals surface area contributed by atoms with Crippen molar-refractivity contribution in [3.05, 3.63) is 11.9 Å². The number of nitrogens with zero attached hydrogens (tertiary/aromatic N) is 3. The highest BCUT2D eigenvalue weighted by Crippen LogP contribution is 2.20. The van der Waals surface area contributed by atoms with Crippen molar-refractivity contribution in [2.45, 2.75) is 33.0 Å². The van der Waals surface area contributed by atoms with Crippen LogP contribution < -0.4 is 16.2 Å². The minimum Gasteiger partial charge on any atom is -0.372 e. The van der Waals surface area contributed by atoms with Crippen LogP contribution in [0, 0.1) is 6.92 Å². The molecule has 1 aliphatic heterocycles. The van der Waals surface area contributed by atoms with E-state index in [1.165, 1.54) is 0 Å². The first-order valence-corrected chi connectivity index (χ1v) is 5.81. The molecule has 0 bridgehead atoms. The van der Waals surface area contributed by atoms with Crippen LogP contribution in [0.3, 0.4) is 0 Å². The number of hydrogen-bond donors (Lipinski definition) is 2. The van der Waals surface area contributed by atoms with Crippen molar-refractivity contribution in [3.8, 4) is 0 Å². The van der Waals surface area contributed by atoms with Crippen molar-refractivity contribution in [1.29, 1.82) is 0 Å². The van der Waals surface area contributed by atoms with Crippen LogP contribution >= 0.6 is 0 Å². The number of nitrogens with two attached hydrogens (primary N) is 1. The van der Waals surface area contributed by atoms with Crippen LogP contribution in [0.25, 0.3) is 0 Å². The lowest BCUT2D eigenvalue weighted by Gasteiger charge is -2.36. The number of morpholine rings is 1. The lowest BCUT2D eigenvalue weighted by atomic mass is 10.2. The molecule has 3 N–H and O–H groups in total. The van der Waals surface area contributed by atoms with Gasteiger partial charge in [-0.15, -0.1) is 0 Å². The van der Waals surface area contributed by atoms with Crippen molar-refractivity contribution in [3.63, 3.8) is 0 Å². The Bertz CT molecular complexity index is 387. The summed E-state index contributed by atoms with van der Waals surface area (Å²) in [4.78, 5) is 10.8. The largest absolute Gasteiger partial charge is 0.372 e. The summed E-state index contributed by atoms with van der Waals surface area (Å²) >= 11 is 0. The van der Waals surface area contributed by atoms with E-state index in [0.29, 0.717) is 11.6 Å². The van der Waals surface area contributed by atoms with Gasteiger partial charge in [0.2, 0.25) is 0 Å². The Morgan fingerprint density at radius 2 is 2.00 bits per heavy atom. The van der Waals surface area contributed by atoms with Crippen molar-refractivity contribution >= 4 is 11.6 Å². The number of aromatic nitrogens is 2. The number of nitrogen functional groups attached to an aromatic ring is 1. The molecule has 6 nitrogen and oxygen atoms in total. The van der Waals surface area contributed by atoms with Gasteiger partial charge in [0, 0.05) is 19.2 Å². The fourth-order valence-electron chi connectivity index (χ4n) is 2.15. The van der Waals surface area contributed by atoms with Crippen LogP contribution in [0.4, 0.5) is 11.6 Å². The average molecular weight is 237 g/mol. The highest BCUT2D eigenvalue weighted by molar-refractivity contribution is 5.49. The summed E-state index contributed by atoms with van der Waals surface area (Å²) in [6, 6.07) is 1.86. The van der Waals surface area contributed by atoms with Crippen LogP contribution in [-0.2, 0) is 4.74 Å². The monoisotopic (exact) mass is 237 g/mol. The molecule has 1 fully saturated rings. The molecular weight excluding hydrogens is 218 g/mol. The molecule has 94 valence electrons. The third-order valence-corrected chi connectivity index (χ3v) is 2.72. The molecule has 0 amide bonds. The maximum Gasteiger partial charge on any atom is 0.145 e. The molecule has 1 aromatic heterocycles. The Labute approximate surface area is 101 Å². The maximum absolute atomic E-state index is 5.70. The van der Waals surface area contributed by atoms with Gasteiger partial charge in [-0.3, -0.25) is 0 Å². The Kier molecular flexibility index (Phi) is 3.44. The van der Waals surface area contributed by atoms with Crippen LogP contribution in [-0.4, -0.2) is 35.3 Å². The summed E-state index contributed by atoms with van der Waals surface area (Å²) in [7, 11) is 0. The summed E-state index contributed by atoms with van der Waals surface area (Å²) in [6.07, 6.45) is 0.423. The smallest absolute Gasteiger partial charge is 0.145 e.